The first-order chi connectivity index (χ1) is 21.9. The summed E-state index contributed by atoms with van der Waals surface area (Å²) in [7, 11) is 0. The Kier molecular flexibility index (Phi) is 8.62. The van der Waals surface area contributed by atoms with Gasteiger partial charge in [0.05, 0.1) is 23.6 Å². The summed E-state index contributed by atoms with van der Waals surface area (Å²) in [5.41, 5.74) is 8.73. The number of hydrogen-bond acceptors (Lipinski definition) is 4. The van der Waals surface area contributed by atoms with Crippen molar-refractivity contribution in [2.75, 3.05) is 0 Å². The zero-order chi connectivity index (χ0) is 31.1. The van der Waals surface area contributed by atoms with E-state index in [-0.39, 0.29) is 21.1 Å². The molecule has 0 fully saturated rings. The average Bonchev–Trinajstić information content (AvgIpc) is 3.64. The SMILES string of the molecule is Cc1cccc(C)c1-n1cnc(-c2[c-]c(Oc3[c-]c4c(cc3)c3cc(C#N)ccc3n4-c3ccc(CC(C)C)cn3)ccc2)c1.[Pt+2]. The second kappa shape index (κ2) is 12.8. The number of hydrogen-bond donors (Lipinski definition) is 0. The van der Waals surface area contributed by atoms with Gasteiger partial charge in [0, 0.05) is 28.9 Å². The van der Waals surface area contributed by atoms with Crippen LogP contribution in [0.2, 0.25) is 0 Å². The molecule has 46 heavy (non-hydrogen) atoms. The van der Waals surface area contributed by atoms with E-state index in [1.807, 2.05) is 73.3 Å². The van der Waals surface area contributed by atoms with E-state index >= 15 is 0 Å². The van der Waals surface area contributed by atoms with E-state index in [1.165, 1.54) is 16.7 Å². The van der Waals surface area contributed by atoms with Crippen molar-refractivity contribution in [3.8, 4) is 40.3 Å². The van der Waals surface area contributed by atoms with E-state index in [2.05, 4.69) is 84.3 Å². The van der Waals surface area contributed by atoms with Crippen molar-refractivity contribution >= 4 is 21.8 Å². The topological polar surface area (TPSA) is 68.7 Å². The van der Waals surface area contributed by atoms with E-state index in [0.29, 0.717) is 23.0 Å². The van der Waals surface area contributed by atoms with E-state index in [9.17, 15) is 5.26 Å². The summed E-state index contributed by atoms with van der Waals surface area (Å²) < 4.78 is 10.5. The third-order valence-corrected chi connectivity index (χ3v) is 8.01. The second-order valence-corrected chi connectivity index (χ2v) is 11.8. The summed E-state index contributed by atoms with van der Waals surface area (Å²) in [6.07, 6.45) is 6.78. The monoisotopic (exact) mass is 780 g/mol. The van der Waals surface area contributed by atoms with Crippen LogP contribution in [0.25, 0.3) is 44.6 Å². The Morgan fingerprint density at radius 2 is 1.65 bits per heavy atom. The molecule has 3 heterocycles. The number of aryl methyl sites for hydroxylation is 2. The molecule has 4 aromatic carbocycles. The third kappa shape index (κ3) is 5.87. The molecule has 7 heteroatoms. The molecule has 3 aromatic heterocycles. The number of fused-ring (bicyclic) bond motifs is 3. The molecule has 0 N–H and O–H groups in total. The van der Waals surface area contributed by atoms with Gasteiger partial charge in [0.1, 0.15) is 5.82 Å². The summed E-state index contributed by atoms with van der Waals surface area (Å²) in [6, 6.07) is 35.1. The molecule has 7 rings (SSSR count). The molecule has 0 spiro atoms. The van der Waals surface area contributed by atoms with E-state index in [4.69, 9.17) is 9.72 Å². The van der Waals surface area contributed by atoms with Crippen LogP contribution < -0.4 is 4.74 Å². The number of imidazole rings is 1. The van der Waals surface area contributed by atoms with Gasteiger partial charge in [0.2, 0.25) is 0 Å². The van der Waals surface area contributed by atoms with Gasteiger partial charge in [-0.25, -0.2) is 4.98 Å². The molecule has 0 amide bonds. The molecule has 228 valence electrons. The Balaban J connectivity index is 0.00000372. The van der Waals surface area contributed by atoms with Crippen LogP contribution in [0.5, 0.6) is 11.5 Å². The van der Waals surface area contributed by atoms with Crippen LogP contribution in [0.1, 0.15) is 36.1 Å². The molecule has 0 aliphatic carbocycles. The average molecular weight is 781 g/mol. The number of benzene rings is 4. The first kappa shape index (κ1) is 31.0. The van der Waals surface area contributed by atoms with Crippen LogP contribution in [-0.2, 0) is 27.5 Å². The van der Waals surface area contributed by atoms with E-state index in [1.54, 1.807) is 0 Å². The van der Waals surface area contributed by atoms with Crippen molar-refractivity contribution in [1.29, 1.82) is 5.26 Å². The molecule has 7 aromatic rings. The van der Waals surface area contributed by atoms with Crippen LogP contribution in [0.4, 0.5) is 0 Å². The molecule has 0 atom stereocenters. The molecule has 0 aliphatic heterocycles. The van der Waals surface area contributed by atoms with Gasteiger partial charge in [-0.3, -0.25) is 4.98 Å². The van der Waals surface area contributed by atoms with Gasteiger partial charge in [-0.1, -0.05) is 49.7 Å². The molecule has 6 nitrogen and oxygen atoms in total. The maximum absolute atomic E-state index is 9.59. The summed E-state index contributed by atoms with van der Waals surface area (Å²) >= 11 is 0. The molecule has 0 aliphatic rings. The zero-order valence-corrected chi connectivity index (χ0v) is 28.3. The van der Waals surface area contributed by atoms with Crippen molar-refractivity contribution in [2.24, 2.45) is 5.92 Å². The van der Waals surface area contributed by atoms with E-state index < -0.39 is 0 Å². The smallest absolute Gasteiger partial charge is 0.503 e. The normalized spacial score (nSPS) is 11.1. The van der Waals surface area contributed by atoms with Crippen LogP contribution >= 0.6 is 0 Å². The van der Waals surface area contributed by atoms with Crippen LogP contribution in [-0.4, -0.2) is 19.1 Å². The number of aromatic nitrogens is 4. The summed E-state index contributed by atoms with van der Waals surface area (Å²) in [4.78, 5) is 9.51. The van der Waals surface area contributed by atoms with Gasteiger partial charge in [0.25, 0.3) is 0 Å². The number of pyridine rings is 1. The van der Waals surface area contributed by atoms with Crippen molar-refractivity contribution in [2.45, 2.75) is 34.1 Å². The van der Waals surface area contributed by atoms with Crippen LogP contribution in [0, 0.1) is 43.2 Å². The standard InChI is InChI=1S/C39H31N5O.Pt/c1-25(2)17-29-12-16-38(41-22-29)44-36-15-11-28(21-40)18-34(36)33-14-13-32(20-37(33)44)45-31-10-6-9-30(19-31)35-23-43(24-42-35)39-26(3)7-5-8-27(39)4;/h5-16,18,22-25H,17H2,1-4H3;/q-2;+2. The first-order valence-corrected chi connectivity index (χ1v) is 15.0. The fraction of sp³-hybridized carbons (Fsp3) is 0.154. The van der Waals surface area contributed by atoms with Crippen LogP contribution in [0.3, 0.4) is 0 Å². The van der Waals surface area contributed by atoms with Gasteiger partial charge in [-0.05, 0) is 78.7 Å². The first-order valence-electron chi connectivity index (χ1n) is 15.0. The maximum Gasteiger partial charge on any atom is 2.00 e. The minimum atomic E-state index is 0. The fourth-order valence-corrected chi connectivity index (χ4v) is 6.01. The number of nitriles is 1. The van der Waals surface area contributed by atoms with Gasteiger partial charge in [-0.2, -0.15) is 11.3 Å². The van der Waals surface area contributed by atoms with Crippen LogP contribution in [0.15, 0.2) is 97.6 Å². The molecular formula is C39H31N5OPt. The van der Waals surface area contributed by atoms with Crippen molar-refractivity contribution in [3.63, 3.8) is 0 Å². The Morgan fingerprint density at radius 3 is 2.39 bits per heavy atom. The molecular weight excluding hydrogens is 750 g/mol. The Labute approximate surface area is 283 Å². The summed E-state index contributed by atoms with van der Waals surface area (Å²) in [5, 5.41) is 11.5. The molecule has 0 bridgehead atoms. The minimum Gasteiger partial charge on any atom is -0.503 e. The number of rotatable bonds is 7. The third-order valence-electron chi connectivity index (χ3n) is 8.01. The largest absolute Gasteiger partial charge is 2.00 e. The molecule has 0 unspecified atom stereocenters. The minimum absolute atomic E-state index is 0. The Bertz CT molecular complexity index is 2220. The Hall–Kier alpha value is -4.98. The quantitative estimate of drug-likeness (QED) is 0.152. The van der Waals surface area contributed by atoms with E-state index in [0.717, 1.165) is 51.0 Å². The molecule has 0 saturated carbocycles. The van der Waals surface area contributed by atoms with Crippen molar-refractivity contribution < 1.29 is 25.8 Å². The molecule has 0 saturated heterocycles. The van der Waals surface area contributed by atoms with Crippen molar-refractivity contribution in [3.05, 3.63) is 132 Å². The van der Waals surface area contributed by atoms with Gasteiger partial charge in [-0.15, -0.1) is 41.3 Å². The molecule has 0 radical (unpaired) electrons. The number of ether oxygens (including phenoxy) is 1. The maximum atomic E-state index is 9.59. The van der Waals surface area contributed by atoms with Gasteiger partial charge < -0.3 is 13.9 Å². The van der Waals surface area contributed by atoms with Gasteiger partial charge in [0.15, 0.2) is 0 Å². The number of para-hydroxylation sites is 1. The summed E-state index contributed by atoms with van der Waals surface area (Å²) in [5.74, 6) is 2.45. The Morgan fingerprint density at radius 1 is 0.870 bits per heavy atom. The second-order valence-electron chi connectivity index (χ2n) is 11.8. The van der Waals surface area contributed by atoms with Crippen molar-refractivity contribution in [1.82, 2.24) is 19.1 Å². The predicted octanol–water partition coefficient (Wildman–Crippen LogP) is 9.11. The summed E-state index contributed by atoms with van der Waals surface area (Å²) in [6.45, 7) is 8.62. The fourth-order valence-electron chi connectivity index (χ4n) is 6.01. The zero-order valence-electron chi connectivity index (χ0n) is 26.0. The van der Waals surface area contributed by atoms with Gasteiger partial charge >= 0.3 is 21.1 Å². The predicted molar refractivity (Wildman–Crippen MR) is 178 cm³/mol. The number of nitrogens with zero attached hydrogens (tertiary/aromatic N) is 5.